The molecule has 0 radical (unpaired) electrons. The van der Waals surface area contributed by atoms with Gasteiger partial charge < -0.3 is 14.4 Å². The fourth-order valence-electron chi connectivity index (χ4n) is 2.82. The first-order valence-electron chi connectivity index (χ1n) is 8.11. The number of benzene rings is 2. The van der Waals surface area contributed by atoms with Gasteiger partial charge in [-0.3, -0.25) is 4.79 Å². The molecule has 3 rings (SSSR count). The summed E-state index contributed by atoms with van der Waals surface area (Å²) >= 11 is 12.1. The van der Waals surface area contributed by atoms with Gasteiger partial charge in [0.1, 0.15) is 11.9 Å². The van der Waals surface area contributed by atoms with Crippen molar-refractivity contribution in [1.29, 1.82) is 0 Å². The lowest BCUT2D eigenvalue weighted by molar-refractivity contribution is -0.145. The van der Waals surface area contributed by atoms with E-state index in [1.54, 1.807) is 17.9 Å². The lowest BCUT2D eigenvalue weighted by Gasteiger charge is -2.34. The second kappa shape index (κ2) is 8.09. The molecule has 1 heterocycles. The summed E-state index contributed by atoms with van der Waals surface area (Å²) in [5.74, 6) is 0.611. The van der Waals surface area contributed by atoms with Gasteiger partial charge >= 0.3 is 0 Å². The van der Waals surface area contributed by atoms with E-state index < -0.39 is 6.10 Å². The van der Waals surface area contributed by atoms with Gasteiger partial charge in [0.25, 0.3) is 5.91 Å². The van der Waals surface area contributed by atoms with Gasteiger partial charge in [0.15, 0.2) is 6.10 Å². The monoisotopic (exact) mass is 379 g/mol. The summed E-state index contributed by atoms with van der Waals surface area (Å²) in [6, 6.07) is 14.6. The van der Waals surface area contributed by atoms with Gasteiger partial charge in [0.05, 0.1) is 13.2 Å². The van der Waals surface area contributed by atoms with E-state index in [1.165, 1.54) is 0 Å². The zero-order valence-corrected chi connectivity index (χ0v) is 15.3. The average Bonchev–Trinajstić information content (AvgIpc) is 2.61. The van der Waals surface area contributed by atoms with Crippen LogP contribution in [0.2, 0.25) is 10.0 Å². The maximum atomic E-state index is 12.7. The number of hydrogen-bond donors (Lipinski definition) is 0. The van der Waals surface area contributed by atoms with Crippen LogP contribution in [0.3, 0.4) is 0 Å². The SMILES string of the molecule is CC(Oc1ccccc1)C(=O)N1CCOC(c2cc(Cl)cc(Cl)c2)C1. The van der Waals surface area contributed by atoms with Crippen molar-refractivity contribution >= 4 is 29.1 Å². The lowest BCUT2D eigenvalue weighted by atomic mass is 10.1. The number of carbonyl (C=O) groups excluding carboxylic acids is 1. The van der Waals surface area contributed by atoms with Crippen LogP contribution in [0.5, 0.6) is 5.75 Å². The van der Waals surface area contributed by atoms with E-state index in [2.05, 4.69) is 0 Å². The second-order valence-electron chi connectivity index (χ2n) is 5.92. The summed E-state index contributed by atoms with van der Waals surface area (Å²) in [6.07, 6.45) is -0.818. The minimum Gasteiger partial charge on any atom is -0.481 e. The van der Waals surface area contributed by atoms with Crippen molar-refractivity contribution in [3.05, 3.63) is 64.1 Å². The number of ether oxygens (including phenoxy) is 2. The van der Waals surface area contributed by atoms with Crippen LogP contribution in [-0.4, -0.2) is 36.6 Å². The number of amides is 1. The minimum atomic E-state index is -0.566. The lowest BCUT2D eigenvalue weighted by Crippen LogP contribution is -2.47. The smallest absolute Gasteiger partial charge is 0.263 e. The fourth-order valence-corrected chi connectivity index (χ4v) is 3.37. The highest BCUT2D eigenvalue weighted by Gasteiger charge is 2.29. The molecule has 1 amide bonds. The molecule has 2 atom stereocenters. The molecule has 2 aromatic carbocycles. The summed E-state index contributed by atoms with van der Waals surface area (Å²) < 4.78 is 11.5. The largest absolute Gasteiger partial charge is 0.481 e. The molecule has 1 aliphatic rings. The van der Waals surface area contributed by atoms with Crippen LogP contribution in [0, 0.1) is 0 Å². The van der Waals surface area contributed by atoms with Crippen molar-refractivity contribution < 1.29 is 14.3 Å². The van der Waals surface area contributed by atoms with E-state index in [0.717, 1.165) is 5.56 Å². The molecule has 0 aromatic heterocycles. The maximum absolute atomic E-state index is 12.7. The Hall–Kier alpha value is -1.75. The van der Waals surface area contributed by atoms with E-state index in [0.29, 0.717) is 35.5 Å². The predicted molar refractivity (Wildman–Crippen MR) is 98.3 cm³/mol. The molecule has 2 aromatic rings. The molecular formula is C19H19Cl2NO3. The summed E-state index contributed by atoms with van der Waals surface area (Å²) in [6.45, 7) is 3.19. The maximum Gasteiger partial charge on any atom is 0.263 e. The molecule has 1 aliphatic heterocycles. The number of hydrogen-bond acceptors (Lipinski definition) is 3. The Labute approximate surface area is 157 Å². The van der Waals surface area contributed by atoms with Crippen LogP contribution < -0.4 is 4.74 Å². The second-order valence-corrected chi connectivity index (χ2v) is 6.79. The summed E-state index contributed by atoms with van der Waals surface area (Å²) in [5.41, 5.74) is 0.867. The third-order valence-corrected chi connectivity index (χ3v) is 4.48. The number of para-hydroxylation sites is 1. The molecule has 25 heavy (non-hydrogen) atoms. The van der Waals surface area contributed by atoms with Gasteiger partial charge in [0, 0.05) is 16.6 Å². The van der Waals surface area contributed by atoms with Crippen LogP contribution >= 0.6 is 23.2 Å². The Bertz CT molecular complexity index is 718. The highest BCUT2D eigenvalue weighted by Crippen LogP contribution is 2.28. The number of rotatable bonds is 4. The first-order valence-corrected chi connectivity index (χ1v) is 8.86. The van der Waals surface area contributed by atoms with Crippen LogP contribution in [0.4, 0.5) is 0 Å². The highest BCUT2D eigenvalue weighted by atomic mass is 35.5. The standard InChI is InChI=1S/C19H19Cl2NO3/c1-13(25-17-5-3-2-4-6-17)19(23)22-7-8-24-18(12-22)14-9-15(20)11-16(21)10-14/h2-6,9-11,13,18H,7-8,12H2,1H3. The number of halogens is 2. The normalized spacial score (nSPS) is 18.7. The molecule has 6 heteroatoms. The van der Waals surface area contributed by atoms with Crippen molar-refractivity contribution in [1.82, 2.24) is 4.90 Å². The first kappa shape index (κ1) is 18.1. The van der Waals surface area contributed by atoms with Gasteiger partial charge in [-0.2, -0.15) is 0 Å². The van der Waals surface area contributed by atoms with Gasteiger partial charge in [-0.05, 0) is 42.8 Å². The molecule has 1 fully saturated rings. The predicted octanol–water partition coefficient (Wildman–Crippen LogP) is 4.36. The van der Waals surface area contributed by atoms with Crippen LogP contribution in [-0.2, 0) is 9.53 Å². The number of morpholine rings is 1. The molecule has 2 unspecified atom stereocenters. The minimum absolute atomic E-state index is 0.0646. The van der Waals surface area contributed by atoms with Crippen LogP contribution in [0.1, 0.15) is 18.6 Å². The Morgan fingerprint density at radius 3 is 2.56 bits per heavy atom. The molecule has 0 spiro atoms. The van der Waals surface area contributed by atoms with Gasteiger partial charge in [-0.15, -0.1) is 0 Å². The molecule has 0 N–H and O–H groups in total. The zero-order chi connectivity index (χ0) is 17.8. The average molecular weight is 380 g/mol. The Kier molecular flexibility index (Phi) is 5.84. The molecule has 0 saturated carbocycles. The van der Waals surface area contributed by atoms with Gasteiger partial charge in [-0.1, -0.05) is 41.4 Å². The molecule has 0 bridgehead atoms. The molecule has 132 valence electrons. The summed E-state index contributed by atoms with van der Waals surface area (Å²) in [7, 11) is 0. The van der Waals surface area contributed by atoms with Crippen LogP contribution in [0.15, 0.2) is 48.5 Å². The Balaban J connectivity index is 1.67. The van der Waals surface area contributed by atoms with E-state index in [9.17, 15) is 4.79 Å². The van der Waals surface area contributed by atoms with Crippen molar-refractivity contribution in [2.45, 2.75) is 19.1 Å². The van der Waals surface area contributed by atoms with E-state index in [-0.39, 0.29) is 12.0 Å². The number of nitrogens with zero attached hydrogens (tertiary/aromatic N) is 1. The van der Waals surface area contributed by atoms with E-state index in [1.807, 2.05) is 42.5 Å². The first-order chi connectivity index (χ1) is 12.0. The quantitative estimate of drug-likeness (QED) is 0.791. The fraction of sp³-hybridized carbons (Fsp3) is 0.316. The summed E-state index contributed by atoms with van der Waals surface area (Å²) in [4.78, 5) is 14.5. The van der Waals surface area contributed by atoms with Crippen molar-refractivity contribution in [3.8, 4) is 5.75 Å². The third-order valence-electron chi connectivity index (χ3n) is 4.04. The van der Waals surface area contributed by atoms with E-state index in [4.69, 9.17) is 32.7 Å². The molecule has 1 saturated heterocycles. The molecule has 4 nitrogen and oxygen atoms in total. The highest BCUT2D eigenvalue weighted by molar-refractivity contribution is 6.34. The van der Waals surface area contributed by atoms with Crippen LogP contribution in [0.25, 0.3) is 0 Å². The summed E-state index contributed by atoms with van der Waals surface area (Å²) in [5, 5.41) is 1.10. The van der Waals surface area contributed by atoms with Crippen molar-refractivity contribution in [2.24, 2.45) is 0 Å². The topological polar surface area (TPSA) is 38.8 Å². The van der Waals surface area contributed by atoms with Gasteiger partial charge in [-0.25, -0.2) is 0 Å². The van der Waals surface area contributed by atoms with E-state index >= 15 is 0 Å². The van der Waals surface area contributed by atoms with Crippen molar-refractivity contribution in [2.75, 3.05) is 19.7 Å². The Morgan fingerprint density at radius 2 is 1.88 bits per heavy atom. The zero-order valence-electron chi connectivity index (χ0n) is 13.8. The van der Waals surface area contributed by atoms with Crippen molar-refractivity contribution in [3.63, 3.8) is 0 Å². The molecule has 0 aliphatic carbocycles. The number of carbonyl (C=O) groups is 1. The van der Waals surface area contributed by atoms with Gasteiger partial charge in [0.2, 0.25) is 0 Å². The third kappa shape index (κ3) is 4.66. The Morgan fingerprint density at radius 1 is 1.20 bits per heavy atom. The molecular weight excluding hydrogens is 361 g/mol.